The fourth-order valence-corrected chi connectivity index (χ4v) is 6.30. The number of aromatic nitrogens is 1. The van der Waals surface area contributed by atoms with Gasteiger partial charge in [-0.05, 0) is 80.2 Å². The number of halogens is 1. The van der Waals surface area contributed by atoms with Crippen LogP contribution in [0.3, 0.4) is 0 Å². The van der Waals surface area contributed by atoms with Gasteiger partial charge in [0.05, 0.1) is 0 Å². The smallest absolute Gasteiger partial charge is 0.109 e. The summed E-state index contributed by atoms with van der Waals surface area (Å²) in [6, 6.07) is 41.6. The van der Waals surface area contributed by atoms with Crippen molar-refractivity contribution in [2.45, 2.75) is 9.92 Å². The Labute approximate surface area is 223 Å². The van der Waals surface area contributed by atoms with Gasteiger partial charge in [-0.3, -0.25) is 0 Å². The lowest BCUT2D eigenvalue weighted by Gasteiger charge is -2.20. The SMILES string of the molecule is Brc1ccc(-c2ccc(-c3ccc(-c4ccc5c(c4)-c4cccc6ccnc(c46)S5)cc3)cc2)cc1. The quantitative estimate of drug-likeness (QED) is 0.220. The Kier molecular flexibility index (Phi) is 5.27. The molecule has 0 amide bonds. The summed E-state index contributed by atoms with van der Waals surface area (Å²) in [5, 5.41) is 3.60. The van der Waals surface area contributed by atoms with Gasteiger partial charge in [0.1, 0.15) is 5.03 Å². The lowest BCUT2D eigenvalue weighted by Crippen LogP contribution is -1.95. The maximum absolute atomic E-state index is 4.64. The van der Waals surface area contributed by atoms with Crippen LogP contribution in [0, 0.1) is 0 Å². The number of hydrogen-bond donors (Lipinski definition) is 0. The van der Waals surface area contributed by atoms with Crippen molar-refractivity contribution < 1.29 is 0 Å². The molecular formula is C33H20BrNS. The molecular weight excluding hydrogens is 522 g/mol. The summed E-state index contributed by atoms with van der Waals surface area (Å²) in [5.41, 5.74) is 9.91. The lowest BCUT2D eigenvalue weighted by atomic mass is 9.94. The second-order valence-electron chi connectivity index (χ2n) is 8.99. The first-order valence-corrected chi connectivity index (χ1v) is 13.5. The normalized spacial score (nSPS) is 11.9. The first-order chi connectivity index (χ1) is 17.7. The third-order valence-corrected chi connectivity index (χ3v) is 8.45. The van der Waals surface area contributed by atoms with Crippen molar-refractivity contribution in [2.24, 2.45) is 0 Å². The number of nitrogens with zero attached hydrogens (tertiary/aromatic N) is 1. The molecule has 0 fully saturated rings. The molecule has 6 aromatic rings. The fourth-order valence-electron chi connectivity index (χ4n) is 4.97. The first kappa shape index (κ1) is 21.6. The summed E-state index contributed by atoms with van der Waals surface area (Å²) in [7, 11) is 0. The van der Waals surface area contributed by atoms with Crippen LogP contribution < -0.4 is 0 Å². The third-order valence-electron chi connectivity index (χ3n) is 6.85. The minimum Gasteiger partial charge on any atom is -0.249 e. The molecule has 2 heterocycles. The molecule has 1 nitrogen and oxygen atoms in total. The van der Waals surface area contributed by atoms with Gasteiger partial charge in [-0.1, -0.05) is 113 Å². The van der Waals surface area contributed by atoms with E-state index in [0.717, 1.165) is 9.50 Å². The van der Waals surface area contributed by atoms with Crippen molar-refractivity contribution in [3.05, 3.63) is 126 Å². The molecule has 0 unspecified atom stereocenters. The zero-order valence-electron chi connectivity index (χ0n) is 19.3. The van der Waals surface area contributed by atoms with E-state index in [9.17, 15) is 0 Å². The standard InChI is InChI=1S/C33H20BrNS/c34-28-15-12-24(13-16-28)23-6-4-21(5-7-23)22-8-10-25(11-9-22)27-14-17-31-30(20-27)29-3-1-2-26-18-19-35-33(36-31)32(26)29/h1-20H. The van der Waals surface area contributed by atoms with Crippen molar-refractivity contribution in [2.75, 3.05) is 0 Å². The Morgan fingerprint density at radius 1 is 0.528 bits per heavy atom. The Morgan fingerprint density at radius 3 is 1.72 bits per heavy atom. The van der Waals surface area contributed by atoms with Gasteiger partial charge in [0, 0.05) is 21.0 Å². The van der Waals surface area contributed by atoms with Gasteiger partial charge in [0.25, 0.3) is 0 Å². The predicted octanol–water partition coefficient (Wildman–Crippen LogP) is 10.1. The monoisotopic (exact) mass is 541 g/mol. The van der Waals surface area contributed by atoms with E-state index >= 15 is 0 Å². The Hall–Kier alpha value is -3.66. The number of fused-ring (bicyclic) bond motifs is 2. The van der Waals surface area contributed by atoms with Crippen LogP contribution in [0.4, 0.5) is 0 Å². The van der Waals surface area contributed by atoms with E-state index in [4.69, 9.17) is 0 Å². The van der Waals surface area contributed by atoms with Gasteiger partial charge in [-0.25, -0.2) is 4.98 Å². The number of rotatable bonds is 3. The van der Waals surface area contributed by atoms with Crippen LogP contribution in [-0.4, -0.2) is 4.98 Å². The van der Waals surface area contributed by atoms with Gasteiger partial charge >= 0.3 is 0 Å². The Morgan fingerprint density at radius 2 is 1.08 bits per heavy atom. The Bertz CT molecular complexity index is 1730. The molecule has 0 bridgehead atoms. The molecule has 0 radical (unpaired) electrons. The molecule has 0 atom stereocenters. The molecule has 36 heavy (non-hydrogen) atoms. The van der Waals surface area contributed by atoms with E-state index in [2.05, 4.69) is 136 Å². The first-order valence-electron chi connectivity index (χ1n) is 11.9. The maximum Gasteiger partial charge on any atom is 0.109 e. The molecule has 3 heteroatoms. The highest BCUT2D eigenvalue weighted by atomic mass is 79.9. The average Bonchev–Trinajstić information content (AvgIpc) is 2.94. The predicted molar refractivity (Wildman–Crippen MR) is 155 cm³/mol. The topological polar surface area (TPSA) is 12.9 Å². The van der Waals surface area contributed by atoms with Crippen LogP contribution in [0.25, 0.3) is 55.3 Å². The highest BCUT2D eigenvalue weighted by Gasteiger charge is 2.20. The summed E-state index contributed by atoms with van der Waals surface area (Å²) >= 11 is 5.28. The summed E-state index contributed by atoms with van der Waals surface area (Å²) in [6.45, 7) is 0. The minimum atomic E-state index is 1.10. The van der Waals surface area contributed by atoms with Crippen LogP contribution in [0.2, 0.25) is 0 Å². The van der Waals surface area contributed by atoms with Gasteiger partial charge in [-0.15, -0.1) is 0 Å². The molecule has 0 aliphatic carbocycles. The van der Waals surface area contributed by atoms with Crippen LogP contribution in [0.15, 0.2) is 136 Å². The van der Waals surface area contributed by atoms with Crippen molar-refractivity contribution in [1.82, 2.24) is 4.98 Å². The highest BCUT2D eigenvalue weighted by Crippen LogP contribution is 2.47. The lowest BCUT2D eigenvalue weighted by molar-refractivity contribution is 1.16. The third kappa shape index (κ3) is 3.76. The average molecular weight is 543 g/mol. The van der Waals surface area contributed by atoms with Crippen molar-refractivity contribution >= 4 is 38.5 Å². The summed E-state index contributed by atoms with van der Waals surface area (Å²) in [6.07, 6.45) is 1.91. The Balaban J connectivity index is 1.20. The molecule has 1 aliphatic rings. The van der Waals surface area contributed by atoms with E-state index in [1.807, 2.05) is 6.20 Å². The minimum absolute atomic E-state index is 1.10. The second-order valence-corrected chi connectivity index (χ2v) is 10.9. The van der Waals surface area contributed by atoms with Crippen molar-refractivity contribution in [3.63, 3.8) is 0 Å². The maximum atomic E-state index is 4.64. The molecule has 1 aromatic heterocycles. The van der Waals surface area contributed by atoms with Crippen LogP contribution in [0.1, 0.15) is 0 Å². The molecule has 0 spiro atoms. The summed E-state index contributed by atoms with van der Waals surface area (Å²) in [5.74, 6) is 0. The van der Waals surface area contributed by atoms with E-state index in [1.54, 1.807) is 11.8 Å². The zero-order valence-corrected chi connectivity index (χ0v) is 21.7. The summed E-state index contributed by atoms with van der Waals surface area (Å²) < 4.78 is 1.10. The summed E-state index contributed by atoms with van der Waals surface area (Å²) in [4.78, 5) is 5.91. The number of pyridine rings is 1. The van der Waals surface area contributed by atoms with Gasteiger partial charge in [-0.2, -0.15) is 0 Å². The largest absolute Gasteiger partial charge is 0.249 e. The molecule has 0 N–H and O–H groups in total. The number of hydrogen-bond acceptors (Lipinski definition) is 2. The van der Waals surface area contributed by atoms with Gasteiger partial charge in [0.15, 0.2) is 0 Å². The van der Waals surface area contributed by atoms with E-state index in [-0.39, 0.29) is 0 Å². The van der Waals surface area contributed by atoms with Crippen molar-refractivity contribution in [1.29, 1.82) is 0 Å². The zero-order chi connectivity index (χ0) is 24.1. The molecule has 7 rings (SSSR count). The second kappa shape index (κ2) is 8.77. The molecule has 170 valence electrons. The highest BCUT2D eigenvalue weighted by molar-refractivity contribution is 9.10. The molecule has 0 saturated carbocycles. The van der Waals surface area contributed by atoms with Crippen LogP contribution in [-0.2, 0) is 0 Å². The fraction of sp³-hybridized carbons (Fsp3) is 0. The number of benzene rings is 5. The molecule has 0 saturated heterocycles. The van der Waals surface area contributed by atoms with Gasteiger partial charge < -0.3 is 0 Å². The van der Waals surface area contributed by atoms with Gasteiger partial charge in [0.2, 0.25) is 0 Å². The van der Waals surface area contributed by atoms with Crippen molar-refractivity contribution in [3.8, 4) is 44.5 Å². The van der Waals surface area contributed by atoms with E-state index in [1.165, 1.54) is 60.2 Å². The van der Waals surface area contributed by atoms with Crippen LogP contribution >= 0.6 is 27.7 Å². The molecule has 5 aromatic carbocycles. The van der Waals surface area contributed by atoms with Crippen LogP contribution in [0.5, 0.6) is 0 Å². The van der Waals surface area contributed by atoms with E-state index in [0.29, 0.717) is 0 Å². The van der Waals surface area contributed by atoms with E-state index < -0.39 is 0 Å². The molecule has 1 aliphatic heterocycles.